The topological polar surface area (TPSA) is 126 Å². The molecule has 1 rings (SSSR count). The van der Waals surface area contributed by atoms with Crippen LogP contribution in [-0.4, -0.2) is 65.0 Å². The lowest BCUT2D eigenvalue weighted by molar-refractivity contribution is -0.0453. The van der Waals surface area contributed by atoms with Crippen molar-refractivity contribution in [2.75, 3.05) is 26.4 Å². The molecule has 7 N–H and O–H groups in total. The predicted octanol–water partition coefficient (Wildman–Crippen LogP) is 4.76. The Bertz CT molecular complexity index is 537. The zero-order valence-corrected chi connectivity index (χ0v) is 25.6. The summed E-state index contributed by atoms with van der Waals surface area (Å²) in [6.45, 7) is 28.0. The molecule has 7 heteroatoms. The molecule has 0 amide bonds. The summed E-state index contributed by atoms with van der Waals surface area (Å²) in [4.78, 5) is 0. The van der Waals surface area contributed by atoms with Crippen LogP contribution in [0.15, 0.2) is 0 Å². The Morgan fingerprint density at radius 2 is 1.14 bits per heavy atom. The molecule has 1 unspecified atom stereocenters. The van der Waals surface area contributed by atoms with Crippen molar-refractivity contribution in [3.63, 3.8) is 0 Å². The Labute approximate surface area is 218 Å². The van der Waals surface area contributed by atoms with Crippen molar-refractivity contribution in [1.82, 2.24) is 0 Å². The van der Waals surface area contributed by atoms with Gasteiger partial charge in [0.15, 0.2) is 0 Å². The number of hydrogen-bond donors (Lipinski definition) is 4. The van der Waals surface area contributed by atoms with Crippen molar-refractivity contribution in [3.8, 4) is 0 Å². The van der Waals surface area contributed by atoms with Crippen molar-refractivity contribution in [2.45, 2.75) is 149 Å². The summed E-state index contributed by atoms with van der Waals surface area (Å²) in [6, 6.07) is 0. The molecule has 214 valence electrons. The monoisotopic (exact) mass is 505 g/mol. The Hall–Kier alpha value is -0.280. The maximum absolute atomic E-state index is 9.23. The predicted molar refractivity (Wildman–Crippen MR) is 150 cm³/mol. The third-order valence-electron chi connectivity index (χ3n) is 4.94. The van der Waals surface area contributed by atoms with Crippen molar-refractivity contribution in [2.24, 2.45) is 23.1 Å². The Morgan fingerprint density at radius 1 is 0.743 bits per heavy atom. The number of nitrogens with two attached hydrogens (primary N) is 3. The van der Waals surface area contributed by atoms with Gasteiger partial charge in [0.25, 0.3) is 0 Å². The highest BCUT2D eigenvalue weighted by molar-refractivity contribution is 4.92. The van der Waals surface area contributed by atoms with E-state index >= 15 is 0 Å². The molecule has 0 saturated heterocycles. The molecule has 0 aromatic rings. The van der Waals surface area contributed by atoms with E-state index in [9.17, 15) is 5.11 Å². The lowest BCUT2D eigenvalue weighted by Crippen LogP contribution is -2.51. The molecular weight excluding hydrogens is 442 g/mol. The van der Waals surface area contributed by atoms with Gasteiger partial charge in [0.05, 0.1) is 48.8 Å². The standard InChI is InChI=1S/C11H25NO2.C9H19NO.C8H19NO/c1-9(2)6-11(12,7-13)8-14-10(3,4)5;1-8(2,3)11-7-9(10)5-4-6-9;1-7(2,3)10-6-8(4,5)9/h9,13H,6-8,12H2,1-5H3;4-7,10H2,1-3H3;6,9H2,1-5H3. The van der Waals surface area contributed by atoms with E-state index in [2.05, 4.69) is 34.6 Å². The van der Waals surface area contributed by atoms with Crippen molar-refractivity contribution in [1.29, 1.82) is 0 Å². The Morgan fingerprint density at radius 3 is 1.37 bits per heavy atom. The molecule has 1 fully saturated rings. The van der Waals surface area contributed by atoms with Gasteiger partial charge in [-0.2, -0.15) is 0 Å². The lowest BCUT2D eigenvalue weighted by atomic mass is 9.78. The van der Waals surface area contributed by atoms with Gasteiger partial charge in [0.1, 0.15) is 0 Å². The molecule has 0 aromatic heterocycles. The zero-order valence-electron chi connectivity index (χ0n) is 25.6. The van der Waals surface area contributed by atoms with Gasteiger partial charge >= 0.3 is 0 Å². The summed E-state index contributed by atoms with van der Waals surface area (Å²) in [5.74, 6) is 0.468. The molecule has 1 saturated carbocycles. The molecule has 35 heavy (non-hydrogen) atoms. The third kappa shape index (κ3) is 25.2. The van der Waals surface area contributed by atoms with Gasteiger partial charge in [-0.05, 0) is 108 Å². The van der Waals surface area contributed by atoms with Gasteiger partial charge in [-0.3, -0.25) is 0 Å². The molecule has 0 radical (unpaired) electrons. The van der Waals surface area contributed by atoms with E-state index in [0.29, 0.717) is 19.1 Å². The second-order valence-corrected chi connectivity index (χ2v) is 14.5. The summed E-state index contributed by atoms with van der Waals surface area (Å²) in [7, 11) is 0. The van der Waals surface area contributed by atoms with Crippen LogP contribution in [0.5, 0.6) is 0 Å². The van der Waals surface area contributed by atoms with Crippen molar-refractivity contribution >= 4 is 0 Å². The summed E-state index contributed by atoms with van der Waals surface area (Å²) >= 11 is 0. The lowest BCUT2D eigenvalue weighted by Gasteiger charge is -2.39. The number of ether oxygens (including phenoxy) is 3. The van der Waals surface area contributed by atoms with Gasteiger partial charge in [0.2, 0.25) is 0 Å². The Kier molecular flexibility index (Phi) is 15.4. The van der Waals surface area contributed by atoms with Crippen LogP contribution in [0.4, 0.5) is 0 Å². The van der Waals surface area contributed by atoms with E-state index in [1.807, 2.05) is 55.4 Å². The average molecular weight is 506 g/mol. The second kappa shape index (κ2) is 14.6. The molecule has 0 bridgehead atoms. The van der Waals surface area contributed by atoms with E-state index < -0.39 is 5.54 Å². The molecule has 1 aliphatic rings. The van der Waals surface area contributed by atoms with Crippen LogP contribution in [-0.2, 0) is 14.2 Å². The SMILES string of the molecule is CC(C)(C)OCC1(N)CCC1.CC(C)(N)COC(C)(C)C.CC(C)CC(N)(CO)COC(C)(C)C. The number of rotatable bonds is 9. The van der Waals surface area contributed by atoms with Crippen LogP contribution < -0.4 is 17.2 Å². The fraction of sp³-hybridized carbons (Fsp3) is 1.00. The normalized spacial score (nSPS) is 18.0. The average Bonchev–Trinajstić information content (AvgIpc) is 2.60. The molecular formula is C28H63N3O4. The highest BCUT2D eigenvalue weighted by Gasteiger charge is 2.34. The maximum Gasteiger partial charge on any atom is 0.0675 e. The van der Waals surface area contributed by atoms with E-state index in [4.69, 9.17) is 31.4 Å². The number of aliphatic hydroxyl groups excluding tert-OH is 1. The van der Waals surface area contributed by atoms with E-state index in [1.54, 1.807) is 0 Å². The minimum Gasteiger partial charge on any atom is -0.394 e. The van der Waals surface area contributed by atoms with Gasteiger partial charge in [0, 0.05) is 11.1 Å². The zero-order chi connectivity index (χ0) is 28.4. The first-order valence-electron chi connectivity index (χ1n) is 13.2. The quantitative estimate of drug-likeness (QED) is 0.356. The summed E-state index contributed by atoms with van der Waals surface area (Å²) in [5.41, 5.74) is 16.6. The van der Waals surface area contributed by atoms with Gasteiger partial charge < -0.3 is 36.5 Å². The smallest absolute Gasteiger partial charge is 0.0675 e. The minimum absolute atomic E-state index is 0.00722. The van der Waals surface area contributed by atoms with Gasteiger partial charge in [-0.25, -0.2) is 0 Å². The highest BCUT2D eigenvalue weighted by Crippen LogP contribution is 2.30. The van der Waals surface area contributed by atoms with Crippen LogP contribution in [0.2, 0.25) is 0 Å². The number of hydrogen-bond acceptors (Lipinski definition) is 7. The first kappa shape index (κ1) is 36.9. The van der Waals surface area contributed by atoms with Crippen LogP contribution in [0.25, 0.3) is 0 Å². The fourth-order valence-electron chi connectivity index (χ4n) is 2.88. The third-order valence-corrected chi connectivity index (χ3v) is 4.94. The van der Waals surface area contributed by atoms with Crippen LogP contribution in [0, 0.1) is 5.92 Å². The van der Waals surface area contributed by atoms with Crippen molar-refractivity contribution in [3.05, 3.63) is 0 Å². The minimum atomic E-state index is -0.596. The van der Waals surface area contributed by atoms with Crippen LogP contribution in [0.1, 0.15) is 116 Å². The molecule has 1 atom stereocenters. The fourth-order valence-corrected chi connectivity index (χ4v) is 2.88. The van der Waals surface area contributed by atoms with Gasteiger partial charge in [-0.1, -0.05) is 13.8 Å². The first-order valence-corrected chi connectivity index (χ1v) is 13.2. The summed E-state index contributed by atoms with van der Waals surface area (Å²) in [5, 5.41) is 9.23. The molecule has 1 aliphatic carbocycles. The molecule has 0 heterocycles. The van der Waals surface area contributed by atoms with Crippen LogP contribution >= 0.6 is 0 Å². The summed E-state index contributed by atoms with van der Waals surface area (Å²) in [6.07, 6.45) is 4.30. The van der Waals surface area contributed by atoms with Crippen LogP contribution in [0.3, 0.4) is 0 Å². The van der Waals surface area contributed by atoms with E-state index in [0.717, 1.165) is 25.9 Å². The largest absolute Gasteiger partial charge is 0.394 e. The first-order chi connectivity index (χ1) is 15.3. The molecule has 0 aromatic carbocycles. The summed E-state index contributed by atoms with van der Waals surface area (Å²) < 4.78 is 16.7. The van der Waals surface area contributed by atoms with Crippen molar-refractivity contribution < 1.29 is 19.3 Å². The maximum atomic E-state index is 9.23. The van der Waals surface area contributed by atoms with Gasteiger partial charge in [-0.15, -0.1) is 0 Å². The molecule has 0 spiro atoms. The highest BCUT2D eigenvalue weighted by atomic mass is 16.5. The molecule has 7 nitrogen and oxygen atoms in total. The van der Waals surface area contributed by atoms with E-state index in [-0.39, 0.29) is 34.5 Å². The Balaban J connectivity index is 0. The van der Waals surface area contributed by atoms with E-state index in [1.165, 1.54) is 6.42 Å². The number of aliphatic hydroxyl groups is 1. The second-order valence-electron chi connectivity index (χ2n) is 14.5. The molecule has 0 aliphatic heterocycles.